The van der Waals surface area contributed by atoms with Gasteiger partial charge in [0.1, 0.15) is 0 Å². The Balaban J connectivity index is 2.81. The zero-order valence-corrected chi connectivity index (χ0v) is 8.67. The van der Waals surface area contributed by atoms with Crippen LogP contribution in [0.4, 0.5) is 0 Å². The summed E-state index contributed by atoms with van der Waals surface area (Å²) in [6.07, 6.45) is 0. The number of nitrogens with two attached hydrogens (primary N) is 1. The lowest BCUT2D eigenvalue weighted by Crippen LogP contribution is -2.13. The monoisotopic (exact) mass is 255 g/mol. The molecule has 0 fully saturated rings. The van der Waals surface area contributed by atoms with Crippen molar-refractivity contribution in [1.82, 2.24) is 0 Å². The van der Waals surface area contributed by atoms with E-state index in [1.165, 1.54) is 11.3 Å². The molecule has 0 bridgehead atoms. The Bertz CT molecular complexity index is 343. The number of hydrogen-bond acceptors (Lipinski definition) is 3. The van der Waals surface area contributed by atoms with Crippen molar-refractivity contribution >= 4 is 37.3 Å². The Morgan fingerprint density at radius 3 is 2.64 bits per heavy atom. The first-order chi connectivity index (χ1) is 4.97. The molecule has 0 aliphatic rings. The van der Waals surface area contributed by atoms with Gasteiger partial charge in [-0.1, -0.05) is 0 Å². The lowest BCUT2D eigenvalue weighted by molar-refractivity contribution is 0.597. The molecule has 0 radical (unpaired) electrons. The average Bonchev–Trinajstić information content (AvgIpc) is 2.10. The summed E-state index contributed by atoms with van der Waals surface area (Å²) in [6, 6.07) is 1.75. The van der Waals surface area contributed by atoms with Crippen LogP contribution >= 0.6 is 27.3 Å². The van der Waals surface area contributed by atoms with Gasteiger partial charge in [0.15, 0.2) is 0 Å². The topological polar surface area (TPSA) is 60.2 Å². The first-order valence-corrected chi connectivity index (χ1v) is 6.09. The number of sulfonamides is 1. The van der Waals surface area contributed by atoms with E-state index in [2.05, 4.69) is 15.9 Å². The maximum atomic E-state index is 10.6. The minimum atomic E-state index is -3.38. The molecule has 0 atom stereocenters. The van der Waals surface area contributed by atoms with Crippen LogP contribution < -0.4 is 5.14 Å². The van der Waals surface area contributed by atoms with E-state index in [1.807, 2.05) is 0 Å². The van der Waals surface area contributed by atoms with Crippen LogP contribution in [0.3, 0.4) is 0 Å². The zero-order chi connectivity index (χ0) is 8.48. The molecule has 0 aliphatic carbocycles. The summed E-state index contributed by atoms with van der Waals surface area (Å²) < 4.78 is 22.1. The second-order valence-electron chi connectivity index (χ2n) is 2.07. The summed E-state index contributed by atoms with van der Waals surface area (Å²) in [5.41, 5.74) is 0.726. The van der Waals surface area contributed by atoms with E-state index in [1.54, 1.807) is 11.4 Å². The molecule has 62 valence electrons. The average molecular weight is 256 g/mol. The number of primary sulfonamides is 1. The van der Waals surface area contributed by atoms with Gasteiger partial charge < -0.3 is 0 Å². The highest BCUT2D eigenvalue weighted by Gasteiger charge is 2.05. The van der Waals surface area contributed by atoms with E-state index in [4.69, 9.17) is 5.14 Å². The molecule has 6 heteroatoms. The third-order valence-corrected chi connectivity index (χ3v) is 3.28. The van der Waals surface area contributed by atoms with Gasteiger partial charge in [0.05, 0.1) is 9.54 Å². The summed E-state index contributed by atoms with van der Waals surface area (Å²) >= 11 is 4.66. The lowest BCUT2D eigenvalue weighted by Gasteiger charge is -1.91. The van der Waals surface area contributed by atoms with Crippen molar-refractivity contribution in [2.75, 3.05) is 0 Å². The van der Waals surface area contributed by atoms with Gasteiger partial charge >= 0.3 is 0 Å². The predicted molar refractivity (Wildman–Crippen MR) is 48.8 cm³/mol. The van der Waals surface area contributed by atoms with Gasteiger partial charge in [0, 0.05) is 0 Å². The summed E-state index contributed by atoms with van der Waals surface area (Å²) in [7, 11) is -3.38. The molecule has 11 heavy (non-hydrogen) atoms. The van der Waals surface area contributed by atoms with Crippen LogP contribution in [0.1, 0.15) is 5.56 Å². The minimum absolute atomic E-state index is 0.0882. The molecular formula is C5H6BrNO2S2. The highest BCUT2D eigenvalue weighted by molar-refractivity contribution is 9.11. The summed E-state index contributed by atoms with van der Waals surface area (Å²) in [4.78, 5) is 0. The smallest absolute Gasteiger partial charge is 0.213 e. The van der Waals surface area contributed by atoms with E-state index in [0.29, 0.717) is 0 Å². The minimum Gasteiger partial charge on any atom is -0.228 e. The zero-order valence-electron chi connectivity index (χ0n) is 5.45. The number of hydrogen-bond donors (Lipinski definition) is 1. The predicted octanol–water partition coefficient (Wildman–Crippen LogP) is 1.30. The van der Waals surface area contributed by atoms with Gasteiger partial charge in [0.2, 0.25) is 10.0 Å². The van der Waals surface area contributed by atoms with Gasteiger partial charge in [-0.3, -0.25) is 0 Å². The highest BCUT2D eigenvalue weighted by Crippen LogP contribution is 2.21. The maximum absolute atomic E-state index is 10.6. The van der Waals surface area contributed by atoms with Gasteiger partial charge in [0.25, 0.3) is 0 Å². The Morgan fingerprint density at radius 1 is 1.64 bits per heavy atom. The fourth-order valence-electron chi connectivity index (χ4n) is 0.654. The maximum Gasteiger partial charge on any atom is 0.213 e. The van der Waals surface area contributed by atoms with E-state index in [-0.39, 0.29) is 5.75 Å². The second kappa shape index (κ2) is 3.22. The molecule has 0 aliphatic heterocycles. The lowest BCUT2D eigenvalue weighted by atomic mass is 10.4. The van der Waals surface area contributed by atoms with Crippen molar-refractivity contribution in [3.8, 4) is 0 Å². The first kappa shape index (κ1) is 9.18. The number of thiophene rings is 1. The fourth-order valence-corrected chi connectivity index (χ4v) is 2.60. The quantitative estimate of drug-likeness (QED) is 0.866. The molecule has 1 aromatic heterocycles. The molecule has 0 saturated carbocycles. The SMILES string of the molecule is NS(=O)(=O)Cc1csc(Br)c1. The molecule has 1 heterocycles. The van der Waals surface area contributed by atoms with Crippen molar-refractivity contribution < 1.29 is 8.42 Å². The van der Waals surface area contributed by atoms with E-state index < -0.39 is 10.0 Å². The molecule has 1 rings (SSSR count). The molecule has 1 aromatic rings. The Hall–Kier alpha value is 0.0900. The Morgan fingerprint density at radius 2 is 2.27 bits per heavy atom. The molecule has 0 spiro atoms. The van der Waals surface area contributed by atoms with Crippen LogP contribution in [-0.2, 0) is 15.8 Å². The largest absolute Gasteiger partial charge is 0.228 e. The highest BCUT2D eigenvalue weighted by atomic mass is 79.9. The van der Waals surface area contributed by atoms with E-state index in [0.717, 1.165) is 9.35 Å². The normalized spacial score (nSPS) is 11.8. The summed E-state index contributed by atoms with van der Waals surface area (Å²) in [6.45, 7) is 0. The molecule has 0 saturated heterocycles. The standard InChI is InChI=1S/C5H6BrNO2S2/c6-5-1-4(2-10-5)3-11(7,8)9/h1-2H,3H2,(H2,7,8,9). The summed E-state index contributed by atoms with van der Waals surface area (Å²) in [5, 5.41) is 6.60. The fraction of sp³-hybridized carbons (Fsp3) is 0.200. The number of rotatable bonds is 2. The Kier molecular flexibility index (Phi) is 2.69. The molecule has 3 nitrogen and oxygen atoms in total. The van der Waals surface area contributed by atoms with Gasteiger partial charge in [-0.25, -0.2) is 13.6 Å². The van der Waals surface area contributed by atoms with Gasteiger partial charge in [-0.2, -0.15) is 0 Å². The van der Waals surface area contributed by atoms with Crippen LogP contribution in [0.2, 0.25) is 0 Å². The van der Waals surface area contributed by atoms with Gasteiger partial charge in [-0.05, 0) is 32.9 Å². The van der Waals surface area contributed by atoms with Crippen LogP contribution in [0, 0.1) is 0 Å². The van der Waals surface area contributed by atoms with Crippen LogP contribution in [0.5, 0.6) is 0 Å². The second-order valence-corrected chi connectivity index (χ2v) is 5.97. The molecule has 2 N–H and O–H groups in total. The summed E-state index contributed by atoms with van der Waals surface area (Å²) in [5.74, 6) is -0.0882. The Labute approximate surface area is 77.4 Å². The first-order valence-electron chi connectivity index (χ1n) is 2.71. The van der Waals surface area contributed by atoms with Gasteiger partial charge in [-0.15, -0.1) is 11.3 Å². The van der Waals surface area contributed by atoms with Crippen LogP contribution in [-0.4, -0.2) is 8.42 Å². The molecule has 0 aromatic carbocycles. The third-order valence-electron chi connectivity index (χ3n) is 0.990. The van der Waals surface area contributed by atoms with Crippen LogP contribution in [0.15, 0.2) is 15.2 Å². The van der Waals surface area contributed by atoms with Crippen molar-refractivity contribution in [2.24, 2.45) is 5.14 Å². The third kappa shape index (κ3) is 3.33. The van der Waals surface area contributed by atoms with Crippen molar-refractivity contribution in [1.29, 1.82) is 0 Å². The van der Waals surface area contributed by atoms with Crippen molar-refractivity contribution in [3.63, 3.8) is 0 Å². The molecular weight excluding hydrogens is 250 g/mol. The van der Waals surface area contributed by atoms with E-state index in [9.17, 15) is 8.42 Å². The molecule has 0 amide bonds. The molecule has 0 unspecified atom stereocenters. The van der Waals surface area contributed by atoms with Crippen molar-refractivity contribution in [3.05, 3.63) is 20.8 Å². The van der Waals surface area contributed by atoms with E-state index >= 15 is 0 Å². The number of halogens is 1. The van der Waals surface area contributed by atoms with Crippen molar-refractivity contribution in [2.45, 2.75) is 5.75 Å². The van der Waals surface area contributed by atoms with Crippen LogP contribution in [0.25, 0.3) is 0 Å².